The lowest BCUT2D eigenvalue weighted by Crippen LogP contribution is -2.48. The molecule has 1 aliphatic carbocycles. The van der Waals surface area contributed by atoms with E-state index in [0.717, 1.165) is 12.8 Å². The van der Waals surface area contributed by atoms with E-state index >= 15 is 0 Å². The summed E-state index contributed by atoms with van der Waals surface area (Å²) in [5, 5.41) is 0. The smallest absolute Gasteiger partial charge is 0.0301 e. The van der Waals surface area contributed by atoms with Crippen LogP contribution in [0.1, 0.15) is 58.8 Å². The van der Waals surface area contributed by atoms with Crippen molar-refractivity contribution in [2.75, 3.05) is 0 Å². The number of nitrogens with one attached hydrogen (secondary N) is 1. The van der Waals surface area contributed by atoms with E-state index in [-0.39, 0.29) is 0 Å². The van der Waals surface area contributed by atoms with E-state index in [1.54, 1.807) is 0 Å². The Morgan fingerprint density at radius 3 is 2.47 bits per heavy atom. The van der Waals surface area contributed by atoms with E-state index in [9.17, 15) is 0 Å². The molecule has 0 radical (unpaired) electrons. The van der Waals surface area contributed by atoms with Crippen molar-refractivity contribution >= 4 is 0 Å². The van der Waals surface area contributed by atoms with Crippen molar-refractivity contribution in [3.63, 3.8) is 0 Å². The lowest BCUT2D eigenvalue weighted by atomic mass is 9.69. The maximum atomic E-state index is 5.70. The quantitative estimate of drug-likeness (QED) is 0.415. The zero-order valence-corrected chi connectivity index (χ0v) is 10.3. The van der Waals surface area contributed by atoms with Gasteiger partial charge in [-0.3, -0.25) is 11.3 Å². The van der Waals surface area contributed by atoms with Gasteiger partial charge in [0, 0.05) is 6.04 Å². The minimum absolute atomic E-state index is 0.380. The van der Waals surface area contributed by atoms with Crippen LogP contribution in [0.15, 0.2) is 12.2 Å². The van der Waals surface area contributed by atoms with Crippen molar-refractivity contribution < 1.29 is 0 Å². The summed E-state index contributed by atoms with van der Waals surface area (Å²) in [7, 11) is 0. The van der Waals surface area contributed by atoms with E-state index < -0.39 is 0 Å². The predicted molar refractivity (Wildman–Crippen MR) is 66.4 cm³/mol. The molecular weight excluding hydrogens is 184 g/mol. The van der Waals surface area contributed by atoms with Crippen LogP contribution in [-0.2, 0) is 0 Å². The first-order valence-corrected chi connectivity index (χ1v) is 6.25. The molecule has 3 N–H and O–H groups in total. The van der Waals surface area contributed by atoms with Crippen LogP contribution in [0.2, 0.25) is 0 Å². The summed E-state index contributed by atoms with van der Waals surface area (Å²) >= 11 is 0. The summed E-state index contributed by atoms with van der Waals surface area (Å²) in [6, 6.07) is 0.408. The van der Waals surface area contributed by atoms with E-state index in [1.165, 1.54) is 37.7 Å². The first-order valence-electron chi connectivity index (χ1n) is 6.25. The van der Waals surface area contributed by atoms with E-state index in [2.05, 4.69) is 25.9 Å². The fourth-order valence-electron chi connectivity index (χ4n) is 2.65. The van der Waals surface area contributed by atoms with Gasteiger partial charge < -0.3 is 0 Å². The summed E-state index contributed by atoms with van der Waals surface area (Å²) in [5.74, 6) is 5.70. The lowest BCUT2D eigenvalue weighted by Gasteiger charge is -2.40. The molecule has 0 aromatic rings. The van der Waals surface area contributed by atoms with E-state index in [1.807, 2.05) is 0 Å². The van der Waals surface area contributed by atoms with Gasteiger partial charge in [0.15, 0.2) is 0 Å². The zero-order valence-electron chi connectivity index (χ0n) is 10.3. The summed E-state index contributed by atoms with van der Waals surface area (Å²) in [6.45, 7) is 8.63. The minimum atomic E-state index is 0.380. The summed E-state index contributed by atoms with van der Waals surface area (Å²) < 4.78 is 0. The van der Waals surface area contributed by atoms with Crippen LogP contribution < -0.4 is 11.3 Å². The van der Waals surface area contributed by atoms with Gasteiger partial charge in [0.2, 0.25) is 0 Å². The van der Waals surface area contributed by atoms with Gasteiger partial charge in [-0.15, -0.1) is 0 Å². The Balaban J connectivity index is 2.58. The number of rotatable bonds is 5. The van der Waals surface area contributed by atoms with Gasteiger partial charge in [0.25, 0.3) is 0 Å². The van der Waals surface area contributed by atoms with Crippen LogP contribution >= 0.6 is 0 Å². The maximum absolute atomic E-state index is 5.70. The molecule has 0 aromatic carbocycles. The van der Waals surface area contributed by atoms with Crippen molar-refractivity contribution in [3.8, 4) is 0 Å². The second kappa shape index (κ2) is 5.66. The monoisotopic (exact) mass is 210 g/mol. The molecule has 1 unspecified atom stereocenters. The molecule has 0 aliphatic heterocycles. The average molecular weight is 210 g/mol. The summed E-state index contributed by atoms with van der Waals surface area (Å²) in [5.41, 5.74) is 4.71. The predicted octanol–water partition coefficient (Wildman–Crippen LogP) is 3.15. The molecule has 2 nitrogen and oxygen atoms in total. The third kappa shape index (κ3) is 3.32. The van der Waals surface area contributed by atoms with E-state index in [0.29, 0.717) is 11.5 Å². The number of hydrazine groups is 1. The topological polar surface area (TPSA) is 38.0 Å². The first-order chi connectivity index (χ1) is 7.12. The molecule has 0 saturated heterocycles. The summed E-state index contributed by atoms with van der Waals surface area (Å²) in [6.07, 6.45) is 8.80. The van der Waals surface area contributed by atoms with Crippen molar-refractivity contribution in [1.29, 1.82) is 0 Å². The van der Waals surface area contributed by atoms with Crippen molar-refractivity contribution in [3.05, 3.63) is 12.2 Å². The molecule has 0 amide bonds. The highest BCUT2D eigenvalue weighted by Gasteiger charge is 2.34. The van der Waals surface area contributed by atoms with Crippen LogP contribution in [-0.4, -0.2) is 6.04 Å². The lowest BCUT2D eigenvalue weighted by molar-refractivity contribution is 0.143. The molecule has 0 bridgehead atoms. The molecule has 0 spiro atoms. The van der Waals surface area contributed by atoms with Gasteiger partial charge in [0.1, 0.15) is 0 Å². The van der Waals surface area contributed by atoms with Gasteiger partial charge >= 0.3 is 0 Å². The third-order valence-corrected chi connectivity index (χ3v) is 4.03. The van der Waals surface area contributed by atoms with Crippen LogP contribution in [0.25, 0.3) is 0 Å². The molecule has 88 valence electrons. The van der Waals surface area contributed by atoms with Crippen molar-refractivity contribution in [2.24, 2.45) is 11.3 Å². The SMILES string of the molecule is C=C(CC)CC(NN)C1(C)CCCCC1. The Bertz CT molecular complexity index is 205. The molecule has 1 aliphatic rings. The van der Waals surface area contributed by atoms with Gasteiger partial charge in [-0.2, -0.15) is 0 Å². The van der Waals surface area contributed by atoms with Gasteiger partial charge in [-0.1, -0.05) is 45.3 Å². The second-order valence-corrected chi connectivity index (χ2v) is 5.24. The largest absolute Gasteiger partial charge is 0.271 e. The Kier molecular flexibility index (Phi) is 4.81. The van der Waals surface area contributed by atoms with Crippen molar-refractivity contribution in [2.45, 2.75) is 64.8 Å². The highest BCUT2D eigenvalue weighted by atomic mass is 15.2. The average Bonchev–Trinajstić information content (AvgIpc) is 2.26. The van der Waals surface area contributed by atoms with Crippen LogP contribution in [0.3, 0.4) is 0 Å². The van der Waals surface area contributed by atoms with E-state index in [4.69, 9.17) is 5.84 Å². The fourth-order valence-corrected chi connectivity index (χ4v) is 2.65. The standard InChI is InChI=1S/C13H26N2/c1-4-11(2)10-12(15-14)13(3)8-6-5-7-9-13/h12,15H,2,4-10,14H2,1,3H3. The number of hydrogen-bond donors (Lipinski definition) is 2. The zero-order chi connectivity index (χ0) is 11.3. The second-order valence-electron chi connectivity index (χ2n) is 5.24. The Morgan fingerprint density at radius 2 is 2.00 bits per heavy atom. The molecule has 0 heterocycles. The van der Waals surface area contributed by atoms with Gasteiger partial charge in [0.05, 0.1) is 0 Å². The Labute approximate surface area is 94.3 Å². The maximum Gasteiger partial charge on any atom is 0.0301 e. The fraction of sp³-hybridized carbons (Fsp3) is 0.846. The molecule has 2 heteroatoms. The third-order valence-electron chi connectivity index (χ3n) is 4.03. The van der Waals surface area contributed by atoms with Crippen LogP contribution in [0.4, 0.5) is 0 Å². The molecule has 15 heavy (non-hydrogen) atoms. The molecular formula is C13H26N2. The van der Waals surface area contributed by atoms with Crippen molar-refractivity contribution in [1.82, 2.24) is 5.43 Å². The Morgan fingerprint density at radius 1 is 1.40 bits per heavy atom. The molecule has 1 atom stereocenters. The normalized spacial score (nSPS) is 22.3. The summed E-state index contributed by atoms with van der Waals surface area (Å²) in [4.78, 5) is 0. The van der Waals surface area contributed by atoms with Crippen LogP contribution in [0, 0.1) is 5.41 Å². The molecule has 1 saturated carbocycles. The minimum Gasteiger partial charge on any atom is -0.271 e. The van der Waals surface area contributed by atoms with Crippen LogP contribution in [0.5, 0.6) is 0 Å². The number of hydrogen-bond acceptors (Lipinski definition) is 2. The molecule has 1 rings (SSSR count). The van der Waals surface area contributed by atoms with Gasteiger partial charge in [-0.25, -0.2) is 0 Å². The molecule has 1 fully saturated rings. The first kappa shape index (κ1) is 12.7. The highest BCUT2D eigenvalue weighted by molar-refractivity contribution is 5.01. The highest BCUT2D eigenvalue weighted by Crippen LogP contribution is 2.40. The molecule has 0 aromatic heterocycles. The van der Waals surface area contributed by atoms with Gasteiger partial charge in [-0.05, 0) is 31.1 Å². The Hall–Kier alpha value is -0.340. The number of nitrogens with two attached hydrogens (primary N) is 1.